The van der Waals surface area contributed by atoms with Crippen LogP contribution in [-0.4, -0.2) is 0 Å². The molecule has 1 heterocycles. The maximum Gasteiger partial charge on any atom is 0.133 e. The van der Waals surface area contributed by atoms with Crippen molar-refractivity contribution in [2.45, 2.75) is 5.33 Å². The van der Waals surface area contributed by atoms with Crippen molar-refractivity contribution in [2.24, 2.45) is 0 Å². The fourth-order valence-corrected chi connectivity index (χ4v) is 2.61. The smallest absolute Gasteiger partial charge is 0.133 e. The minimum Gasteiger partial charge on any atom is -0.206 e. The van der Waals surface area contributed by atoms with Gasteiger partial charge in [-0.15, -0.1) is 11.3 Å². The quantitative estimate of drug-likeness (QED) is 0.723. The topological polar surface area (TPSA) is 23.8 Å². The third kappa shape index (κ3) is 1.43. The number of thiophene rings is 1. The summed E-state index contributed by atoms with van der Waals surface area (Å²) in [7, 11) is 0. The monoisotopic (exact) mass is 269 g/mol. The van der Waals surface area contributed by atoms with Gasteiger partial charge >= 0.3 is 0 Å². The molecular formula is C10H5BrFNS. The Bertz CT molecular complexity index is 527. The van der Waals surface area contributed by atoms with Crippen LogP contribution in [0.4, 0.5) is 4.39 Å². The second-order valence-corrected chi connectivity index (χ2v) is 4.32. The lowest BCUT2D eigenvalue weighted by atomic mass is 10.1. The molecule has 1 aromatic carbocycles. The van der Waals surface area contributed by atoms with Crippen molar-refractivity contribution < 1.29 is 4.39 Å². The number of hydrogen-bond acceptors (Lipinski definition) is 2. The van der Waals surface area contributed by atoms with Crippen LogP contribution in [0, 0.1) is 17.1 Å². The Balaban J connectivity index is 2.80. The lowest BCUT2D eigenvalue weighted by molar-refractivity contribution is 0.639. The number of halogens is 2. The Morgan fingerprint density at radius 2 is 2.29 bits per heavy atom. The molecule has 70 valence electrons. The molecule has 0 aliphatic carbocycles. The molecule has 0 atom stereocenters. The van der Waals surface area contributed by atoms with Crippen molar-refractivity contribution in [3.8, 4) is 6.07 Å². The van der Waals surface area contributed by atoms with E-state index in [4.69, 9.17) is 5.26 Å². The number of rotatable bonds is 1. The Morgan fingerprint density at radius 1 is 1.50 bits per heavy atom. The van der Waals surface area contributed by atoms with Crippen LogP contribution in [-0.2, 0) is 5.33 Å². The lowest BCUT2D eigenvalue weighted by Crippen LogP contribution is -1.83. The van der Waals surface area contributed by atoms with Gasteiger partial charge in [0.05, 0.1) is 5.56 Å². The number of nitrogens with zero attached hydrogens (tertiary/aromatic N) is 1. The highest BCUT2D eigenvalue weighted by atomic mass is 79.9. The maximum atomic E-state index is 13.5. The van der Waals surface area contributed by atoms with Gasteiger partial charge in [0.15, 0.2) is 0 Å². The van der Waals surface area contributed by atoms with E-state index in [1.807, 2.05) is 12.1 Å². The minimum absolute atomic E-state index is 0.310. The third-order valence-electron chi connectivity index (χ3n) is 1.96. The average molecular weight is 270 g/mol. The molecule has 4 heteroatoms. The summed E-state index contributed by atoms with van der Waals surface area (Å²) in [6, 6.07) is 5.35. The normalized spacial score (nSPS) is 10.4. The standard InChI is InChI=1S/C10H5BrFNS/c11-3-6-1-8(12)10-7(4-13)5-14-9(10)2-6/h1-2,5H,3H2. The zero-order valence-corrected chi connectivity index (χ0v) is 9.45. The molecule has 14 heavy (non-hydrogen) atoms. The van der Waals surface area contributed by atoms with E-state index in [-0.39, 0.29) is 5.82 Å². The fraction of sp³-hybridized carbons (Fsp3) is 0.100. The molecule has 0 saturated heterocycles. The van der Waals surface area contributed by atoms with Crippen LogP contribution >= 0.6 is 27.3 Å². The Kier molecular flexibility index (Phi) is 2.53. The first-order chi connectivity index (χ1) is 6.76. The molecule has 0 unspecified atom stereocenters. The maximum absolute atomic E-state index is 13.5. The van der Waals surface area contributed by atoms with E-state index in [0.717, 1.165) is 10.3 Å². The predicted molar refractivity (Wildman–Crippen MR) is 59.1 cm³/mol. The highest BCUT2D eigenvalue weighted by Gasteiger charge is 2.09. The molecule has 2 aromatic rings. The van der Waals surface area contributed by atoms with Crippen molar-refractivity contribution in [2.75, 3.05) is 0 Å². The third-order valence-corrected chi connectivity index (χ3v) is 3.54. The number of alkyl halides is 1. The first-order valence-electron chi connectivity index (χ1n) is 3.92. The fourth-order valence-electron chi connectivity index (χ4n) is 1.33. The Hall–Kier alpha value is -0.920. The van der Waals surface area contributed by atoms with Gasteiger partial charge in [-0.05, 0) is 17.7 Å². The summed E-state index contributed by atoms with van der Waals surface area (Å²) in [4.78, 5) is 0. The summed E-state index contributed by atoms with van der Waals surface area (Å²) in [5.41, 5.74) is 1.31. The number of benzene rings is 1. The molecule has 0 aliphatic rings. The molecule has 0 amide bonds. The first kappa shape index (κ1) is 9.63. The van der Waals surface area contributed by atoms with Crippen molar-refractivity contribution >= 4 is 37.4 Å². The number of fused-ring (bicyclic) bond motifs is 1. The van der Waals surface area contributed by atoms with Crippen molar-refractivity contribution in [1.29, 1.82) is 5.26 Å². The SMILES string of the molecule is N#Cc1csc2cc(CBr)cc(F)c12. The van der Waals surface area contributed by atoms with Crippen molar-refractivity contribution in [3.63, 3.8) is 0 Å². The zero-order valence-electron chi connectivity index (χ0n) is 7.05. The molecule has 0 spiro atoms. The van der Waals surface area contributed by atoms with Crippen molar-refractivity contribution in [3.05, 3.63) is 34.5 Å². The summed E-state index contributed by atoms with van der Waals surface area (Å²) in [6.07, 6.45) is 0. The first-order valence-corrected chi connectivity index (χ1v) is 5.92. The van der Waals surface area contributed by atoms with Gasteiger partial charge in [-0.25, -0.2) is 4.39 Å². The Labute approximate surface area is 92.9 Å². The average Bonchev–Trinajstić information content (AvgIpc) is 2.61. The van der Waals surface area contributed by atoms with Gasteiger partial charge in [-0.3, -0.25) is 0 Å². The van der Waals surface area contributed by atoms with Gasteiger partial charge in [-0.1, -0.05) is 15.9 Å². The van der Waals surface area contributed by atoms with E-state index in [9.17, 15) is 4.39 Å². The molecule has 0 aliphatic heterocycles. The van der Waals surface area contributed by atoms with Crippen LogP contribution in [0.5, 0.6) is 0 Å². The molecule has 1 aromatic heterocycles. The van der Waals surface area contributed by atoms with E-state index >= 15 is 0 Å². The van der Waals surface area contributed by atoms with Crippen LogP contribution in [0.3, 0.4) is 0 Å². The van der Waals surface area contributed by atoms with Gasteiger partial charge in [0.1, 0.15) is 11.9 Å². The van der Waals surface area contributed by atoms with Crippen LogP contribution in [0.25, 0.3) is 10.1 Å². The van der Waals surface area contributed by atoms with Gasteiger partial charge in [0.25, 0.3) is 0 Å². The van der Waals surface area contributed by atoms with E-state index in [0.29, 0.717) is 16.3 Å². The summed E-state index contributed by atoms with van der Waals surface area (Å²) >= 11 is 4.67. The highest BCUT2D eigenvalue weighted by Crippen LogP contribution is 2.29. The molecule has 0 radical (unpaired) electrons. The largest absolute Gasteiger partial charge is 0.206 e. The molecule has 0 N–H and O–H groups in total. The van der Waals surface area contributed by atoms with Crippen LogP contribution in [0.1, 0.15) is 11.1 Å². The van der Waals surface area contributed by atoms with Gasteiger partial charge in [0.2, 0.25) is 0 Å². The summed E-state index contributed by atoms with van der Waals surface area (Å²) in [5.74, 6) is -0.310. The second-order valence-electron chi connectivity index (χ2n) is 2.85. The summed E-state index contributed by atoms with van der Waals surface area (Å²) in [6.45, 7) is 0. The highest BCUT2D eigenvalue weighted by molar-refractivity contribution is 9.08. The number of nitriles is 1. The molecule has 2 rings (SSSR count). The van der Waals surface area contributed by atoms with Crippen LogP contribution < -0.4 is 0 Å². The predicted octanol–water partition coefficient (Wildman–Crippen LogP) is 3.81. The number of hydrogen-bond donors (Lipinski definition) is 0. The van der Waals surface area contributed by atoms with E-state index in [1.54, 1.807) is 5.38 Å². The van der Waals surface area contributed by atoms with Crippen LogP contribution in [0.2, 0.25) is 0 Å². The van der Waals surface area contributed by atoms with Gasteiger partial charge in [-0.2, -0.15) is 5.26 Å². The van der Waals surface area contributed by atoms with Crippen LogP contribution in [0.15, 0.2) is 17.5 Å². The van der Waals surface area contributed by atoms with Gasteiger partial charge < -0.3 is 0 Å². The van der Waals surface area contributed by atoms with Gasteiger partial charge in [0, 0.05) is 20.8 Å². The Morgan fingerprint density at radius 3 is 2.93 bits per heavy atom. The summed E-state index contributed by atoms with van der Waals surface area (Å²) in [5, 5.41) is 11.5. The molecule has 0 fully saturated rings. The lowest BCUT2D eigenvalue weighted by Gasteiger charge is -1.97. The molecular weight excluding hydrogens is 265 g/mol. The second kappa shape index (κ2) is 3.68. The van der Waals surface area contributed by atoms with E-state index < -0.39 is 0 Å². The minimum atomic E-state index is -0.310. The zero-order chi connectivity index (χ0) is 10.1. The summed E-state index contributed by atoms with van der Waals surface area (Å²) < 4.78 is 14.4. The van der Waals surface area contributed by atoms with E-state index in [2.05, 4.69) is 15.9 Å². The molecule has 0 saturated carbocycles. The molecule has 1 nitrogen and oxygen atoms in total. The van der Waals surface area contributed by atoms with Crippen molar-refractivity contribution in [1.82, 2.24) is 0 Å². The molecule has 0 bridgehead atoms. The van der Waals surface area contributed by atoms with E-state index in [1.165, 1.54) is 17.4 Å².